The highest BCUT2D eigenvalue weighted by atomic mass is 32.2. The van der Waals surface area contributed by atoms with Gasteiger partial charge < -0.3 is 36.9 Å². The Morgan fingerprint density at radius 3 is 2.03 bits per heavy atom. The van der Waals surface area contributed by atoms with Crippen LogP contribution in [0.15, 0.2) is 12.5 Å². The van der Waals surface area contributed by atoms with Gasteiger partial charge in [0.25, 0.3) is 0 Å². The fraction of sp³-hybridized carbons (Fsp3) is 0.650. The smallest absolute Gasteiger partial charge is 0.326 e. The highest BCUT2D eigenvalue weighted by molar-refractivity contribution is 7.98. The molecule has 8 N–H and O–H groups in total. The Kier molecular flexibility index (Phi) is 13.6. The summed E-state index contributed by atoms with van der Waals surface area (Å²) in [6.07, 6.45) is 5.97. The summed E-state index contributed by atoms with van der Waals surface area (Å²) in [5.41, 5.74) is 6.22. The zero-order valence-electron chi connectivity index (χ0n) is 19.4. The molecule has 0 fully saturated rings. The lowest BCUT2D eigenvalue weighted by Gasteiger charge is -2.25. The molecule has 1 heterocycles. The number of aromatic amines is 1. The second kappa shape index (κ2) is 15.6. The van der Waals surface area contributed by atoms with E-state index in [-0.39, 0.29) is 19.3 Å². The molecular weight excluding hydrogens is 484 g/mol. The highest BCUT2D eigenvalue weighted by Gasteiger charge is 2.31. The average molecular weight is 519 g/mol. The van der Waals surface area contributed by atoms with Crippen LogP contribution >= 0.6 is 23.5 Å². The van der Waals surface area contributed by atoms with Gasteiger partial charge in [0, 0.05) is 18.3 Å². The van der Waals surface area contributed by atoms with Gasteiger partial charge in [-0.3, -0.25) is 14.4 Å². The molecule has 192 valence electrons. The Morgan fingerprint density at radius 2 is 1.53 bits per heavy atom. The van der Waals surface area contributed by atoms with Crippen LogP contribution in [-0.2, 0) is 25.6 Å². The van der Waals surface area contributed by atoms with E-state index in [4.69, 9.17) is 5.73 Å². The maximum Gasteiger partial charge on any atom is 0.326 e. The highest BCUT2D eigenvalue weighted by Crippen LogP contribution is 2.07. The molecule has 0 aliphatic carbocycles. The number of hydrogen-bond acceptors (Lipinski definition) is 9. The van der Waals surface area contributed by atoms with E-state index in [2.05, 4.69) is 25.9 Å². The number of H-pyrrole nitrogens is 1. The van der Waals surface area contributed by atoms with Gasteiger partial charge in [-0.05, 0) is 43.8 Å². The molecule has 0 saturated heterocycles. The van der Waals surface area contributed by atoms with E-state index in [1.165, 1.54) is 43.0 Å². The van der Waals surface area contributed by atoms with Crippen LogP contribution in [0.4, 0.5) is 0 Å². The molecule has 1 aromatic heterocycles. The third kappa shape index (κ3) is 10.3. The molecule has 14 heteroatoms. The first kappa shape index (κ1) is 29.7. The Labute approximate surface area is 207 Å². The Bertz CT molecular complexity index is 795. The van der Waals surface area contributed by atoms with Crippen LogP contribution in [-0.4, -0.2) is 98.2 Å². The van der Waals surface area contributed by atoms with Crippen molar-refractivity contribution in [3.05, 3.63) is 18.2 Å². The summed E-state index contributed by atoms with van der Waals surface area (Å²) in [5.74, 6) is -2.11. The van der Waals surface area contributed by atoms with E-state index >= 15 is 0 Å². The normalized spacial score (nSPS) is 15.4. The van der Waals surface area contributed by atoms with Crippen molar-refractivity contribution in [2.75, 3.05) is 24.0 Å². The SMILES string of the molecule is CSCCC(NC(=O)C(Cc1cnc[nH]1)NC(=O)C(CCSC)NC(=O)C(N)C(C)O)C(=O)O. The van der Waals surface area contributed by atoms with Gasteiger partial charge in [-0.1, -0.05) is 0 Å². The number of amides is 3. The van der Waals surface area contributed by atoms with Gasteiger partial charge in [0.1, 0.15) is 24.2 Å². The number of imidazole rings is 1. The number of carbonyl (C=O) groups excluding carboxylic acids is 3. The van der Waals surface area contributed by atoms with Crippen LogP contribution in [0.25, 0.3) is 0 Å². The summed E-state index contributed by atoms with van der Waals surface area (Å²) in [5, 5.41) is 26.6. The monoisotopic (exact) mass is 518 g/mol. The lowest BCUT2D eigenvalue weighted by molar-refractivity contribution is -0.142. The van der Waals surface area contributed by atoms with Gasteiger partial charge >= 0.3 is 5.97 Å². The zero-order chi connectivity index (χ0) is 25.7. The molecule has 0 saturated carbocycles. The van der Waals surface area contributed by atoms with Crippen LogP contribution < -0.4 is 21.7 Å². The third-order valence-corrected chi connectivity index (χ3v) is 6.19. The summed E-state index contributed by atoms with van der Waals surface area (Å²) in [7, 11) is 0. The molecule has 1 rings (SSSR count). The van der Waals surface area contributed by atoms with Crippen LogP contribution in [0.5, 0.6) is 0 Å². The first-order chi connectivity index (χ1) is 16.1. The lowest BCUT2D eigenvalue weighted by atomic mass is 10.1. The number of nitrogens with zero attached hydrogens (tertiary/aromatic N) is 1. The Morgan fingerprint density at radius 1 is 1.00 bits per heavy atom. The van der Waals surface area contributed by atoms with Gasteiger partial charge in [0.05, 0.1) is 12.4 Å². The summed E-state index contributed by atoms with van der Waals surface area (Å²) < 4.78 is 0. The van der Waals surface area contributed by atoms with Crippen molar-refractivity contribution < 1.29 is 29.4 Å². The largest absolute Gasteiger partial charge is 0.480 e. The van der Waals surface area contributed by atoms with E-state index in [0.29, 0.717) is 17.2 Å². The van der Waals surface area contributed by atoms with Crippen molar-refractivity contribution in [1.82, 2.24) is 25.9 Å². The third-order valence-electron chi connectivity index (χ3n) is 4.90. The molecule has 0 spiro atoms. The average Bonchev–Trinajstić information content (AvgIpc) is 3.30. The molecular formula is C20H34N6O6S2. The molecule has 0 aliphatic heterocycles. The number of carboxylic acid groups (broad SMARTS) is 1. The number of aromatic nitrogens is 2. The summed E-state index contributed by atoms with van der Waals surface area (Å²) in [6, 6.07) is -4.46. The Hall–Kier alpha value is -2.29. The minimum Gasteiger partial charge on any atom is -0.480 e. The minimum absolute atomic E-state index is 0.0306. The van der Waals surface area contributed by atoms with Crippen molar-refractivity contribution in [3.8, 4) is 0 Å². The number of thioether (sulfide) groups is 2. The minimum atomic E-state index is -1.22. The first-order valence-electron chi connectivity index (χ1n) is 10.6. The molecule has 0 bridgehead atoms. The fourth-order valence-corrected chi connectivity index (χ4v) is 3.80. The van der Waals surface area contributed by atoms with Gasteiger partial charge in [-0.2, -0.15) is 23.5 Å². The van der Waals surface area contributed by atoms with Crippen LogP contribution in [0.2, 0.25) is 0 Å². The van der Waals surface area contributed by atoms with Gasteiger partial charge in [-0.15, -0.1) is 0 Å². The maximum absolute atomic E-state index is 13.0. The van der Waals surface area contributed by atoms with Crippen molar-refractivity contribution in [2.24, 2.45) is 5.73 Å². The van der Waals surface area contributed by atoms with Gasteiger partial charge in [0.2, 0.25) is 17.7 Å². The number of nitrogens with one attached hydrogen (secondary N) is 4. The van der Waals surface area contributed by atoms with Gasteiger partial charge in [0.15, 0.2) is 0 Å². The van der Waals surface area contributed by atoms with Crippen LogP contribution in [0.1, 0.15) is 25.5 Å². The number of rotatable bonds is 16. The topological polar surface area (TPSA) is 200 Å². The van der Waals surface area contributed by atoms with Crippen molar-refractivity contribution in [2.45, 2.75) is 56.5 Å². The lowest BCUT2D eigenvalue weighted by Crippen LogP contribution is -2.58. The molecule has 3 amide bonds. The predicted molar refractivity (Wildman–Crippen MR) is 131 cm³/mol. The predicted octanol–water partition coefficient (Wildman–Crippen LogP) is -1.29. The number of nitrogens with two attached hydrogens (primary N) is 1. The molecule has 34 heavy (non-hydrogen) atoms. The first-order valence-corrected chi connectivity index (χ1v) is 13.4. The molecule has 1 aromatic rings. The number of aliphatic hydroxyl groups is 1. The summed E-state index contributed by atoms with van der Waals surface area (Å²) >= 11 is 2.92. The van der Waals surface area contributed by atoms with Crippen molar-refractivity contribution in [3.63, 3.8) is 0 Å². The van der Waals surface area contributed by atoms with E-state index in [1.54, 1.807) is 0 Å². The molecule has 0 aromatic carbocycles. The number of carboxylic acids is 1. The Balaban J connectivity index is 3.02. The van der Waals surface area contributed by atoms with E-state index in [9.17, 15) is 29.4 Å². The zero-order valence-corrected chi connectivity index (χ0v) is 21.1. The second-order valence-corrected chi connectivity index (χ2v) is 9.60. The standard InChI is InChI=1S/C20H34N6O6S2/c1-11(27)16(21)19(30)24-13(4-6-33-2)17(28)26-15(8-12-9-22-10-23-12)18(29)25-14(20(31)32)5-7-34-3/h9-11,13-16,27H,4-8,21H2,1-3H3,(H,22,23)(H,24,30)(H,25,29)(H,26,28)(H,31,32). The number of aliphatic carboxylic acids is 1. The van der Waals surface area contributed by atoms with Gasteiger partial charge in [-0.25, -0.2) is 9.78 Å². The van der Waals surface area contributed by atoms with Crippen molar-refractivity contribution >= 4 is 47.2 Å². The molecule has 0 radical (unpaired) electrons. The van der Waals surface area contributed by atoms with E-state index in [1.807, 2.05) is 12.5 Å². The number of aliphatic hydroxyl groups excluding tert-OH is 1. The summed E-state index contributed by atoms with van der Waals surface area (Å²) in [6.45, 7) is 1.36. The van der Waals surface area contributed by atoms with Crippen LogP contribution in [0.3, 0.4) is 0 Å². The molecule has 5 atom stereocenters. The summed E-state index contributed by atoms with van der Waals surface area (Å²) in [4.78, 5) is 56.6. The van der Waals surface area contributed by atoms with E-state index in [0.717, 1.165) is 0 Å². The fourth-order valence-electron chi connectivity index (χ4n) is 2.85. The van der Waals surface area contributed by atoms with Crippen LogP contribution in [0, 0.1) is 0 Å². The van der Waals surface area contributed by atoms with Crippen molar-refractivity contribution in [1.29, 1.82) is 0 Å². The molecule has 0 aliphatic rings. The second-order valence-electron chi connectivity index (χ2n) is 7.63. The molecule has 5 unspecified atom stereocenters. The maximum atomic E-state index is 13.0. The number of carbonyl (C=O) groups is 4. The van der Waals surface area contributed by atoms with E-state index < -0.39 is 54.0 Å². The molecule has 12 nitrogen and oxygen atoms in total. The quantitative estimate of drug-likeness (QED) is 0.138. The number of hydrogen-bond donors (Lipinski definition) is 7.